The molecular formula is C23H19N3O3. The van der Waals surface area contributed by atoms with Gasteiger partial charge in [-0.3, -0.25) is 4.68 Å². The molecule has 0 unspecified atom stereocenters. The largest absolute Gasteiger partial charge is 0.456 e. The Morgan fingerprint density at radius 1 is 1.07 bits per heavy atom. The molecule has 0 amide bonds. The number of rotatable bonds is 7. The summed E-state index contributed by atoms with van der Waals surface area (Å²) in [7, 11) is 0. The molecule has 0 aliphatic carbocycles. The van der Waals surface area contributed by atoms with E-state index in [0.717, 1.165) is 16.7 Å². The first-order chi connectivity index (χ1) is 14.3. The second-order valence-electron chi connectivity index (χ2n) is 6.45. The molecule has 6 heteroatoms. The number of hydrogen-bond donors (Lipinski definition) is 0. The minimum Gasteiger partial charge on any atom is -0.456 e. The molecule has 4 rings (SSSR count). The Labute approximate surface area is 168 Å². The van der Waals surface area contributed by atoms with Crippen molar-refractivity contribution in [2.75, 3.05) is 0 Å². The molecular weight excluding hydrogens is 366 g/mol. The fourth-order valence-electron chi connectivity index (χ4n) is 2.80. The highest BCUT2D eigenvalue weighted by Crippen LogP contribution is 2.20. The van der Waals surface area contributed by atoms with E-state index in [4.69, 9.17) is 9.26 Å². The van der Waals surface area contributed by atoms with Gasteiger partial charge < -0.3 is 9.26 Å². The number of esters is 1. The van der Waals surface area contributed by atoms with Crippen LogP contribution >= 0.6 is 0 Å². The van der Waals surface area contributed by atoms with Gasteiger partial charge in [-0.05, 0) is 11.6 Å². The van der Waals surface area contributed by atoms with Gasteiger partial charge in [0, 0.05) is 29.5 Å². The van der Waals surface area contributed by atoms with Crippen molar-refractivity contribution in [3.63, 3.8) is 0 Å². The van der Waals surface area contributed by atoms with Gasteiger partial charge in [0.1, 0.15) is 12.3 Å². The third-order valence-corrected chi connectivity index (χ3v) is 4.23. The number of aromatic nitrogens is 3. The summed E-state index contributed by atoms with van der Waals surface area (Å²) >= 11 is 0. The highest BCUT2D eigenvalue weighted by Gasteiger charge is 2.08. The molecule has 2 heterocycles. The minimum absolute atomic E-state index is 0.0484. The van der Waals surface area contributed by atoms with Crippen LogP contribution in [0, 0.1) is 0 Å². The molecule has 0 atom stereocenters. The molecule has 2 aromatic heterocycles. The summed E-state index contributed by atoms with van der Waals surface area (Å²) in [4.78, 5) is 12.0. The zero-order valence-electron chi connectivity index (χ0n) is 15.6. The summed E-state index contributed by atoms with van der Waals surface area (Å²) in [6, 6.07) is 21.4. The maximum Gasteiger partial charge on any atom is 0.331 e. The molecule has 0 aliphatic rings. The van der Waals surface area contributed by atoms with E-state index < -0.39 is 5.97 Å². The molecule has 0 saturated heterocycles. The van der Waals surface area contributed by atoms with Crippen molar-refractivity contribution in [3.8, 4) is 11.3 Å². The van der Waals surface area contributed by atoms with E-state index in [1.54, 1.807) is 18.3 Å². The molecule has 0 spiro atoms. The summed E-state index contributed by atoms with van der Waals surface area (Å²) in [5.74, 6) is 0.183. The zero-order chi connectivity index (χ0) is 19.9. The Hall–Kier alpha value is -3.93. The lowest BCUT2D eigenvalue weighted by molar-refractivity contribution is -0.139. The van der Waals surface area contributed by atoms with Gasteiger partial charge in [0.25, 0.3) is 0 Å². The van der Waals surface area contributed by atoms with Crippen LogP contribution in [-0.4, -0.2) is 20.9 Å². The van der Waals surface area contributed by atoms with E-state index in [9.17, 15) is 4.79 Å². The van der Waals surface area contributed by atoms with Crippen LogP contribution in [0.3, 0.4) is 0 Å². The van der Waals surface area contributed by atoms with Gasteiger partial charge in [0.15, 0.2) is 5.76 Å². The first-order valence-electron chi connectivity index (χ1n) is 9.18. The SMILES string of the molecule is O=C(/C=C/c1cnn(Cc2ccccc2)c1)OCc1cc(-c2ccccc2)on1. The third kappa shape index (κ3) is 5.07. The maximum absolute atomic E-state index is 12.0. The fourth-order valence-corrected chi connectivity index (χ4v) is 2.80. The highest BCUT2D eigenvalue weighted by atomic mass is 16.5. The molecule has 0 bridgehead atoms. The van der Waals surface area contributed by atoms with Crippen LogP contribution in [0.2, 0.25) is 0 Å². The normalized spacial score (nSPS) is 11.0. The summed E-state index contributed by atoms with van der Waals surface area (Å²) < 4.78 is 12.3. The lowest BCUT2D eigenvalue weighted by Crippen LogP contribution is -2.00. The van der Waals surface area contributed by atoms with E-state index in [1.165, 1.54) is 6.08 Å². The summed E-state index contributed by atoms with van der Waals surface area (Å²) in [6.45, 7) is 0.724. The predicted molar refractivity (Wildman–Crippen MR) is 109 cm³/mol. The number of nitrogens with zero attached hydrogens (tertiary/aromatic N) is 3. The smallest absolute Gasteiger partial charge is 0.331 e. The second kappa shape index (κ2) is 8.84. The summed E-state index contributed by atoms with van der Waals surface area (Å²) in [5, 5.41) is 8.24. The van der Waals surface area contributed by atoms with Gasteiger partial charge in [-0.1, -0.05) is 65.8 Å². The van der Waals surface area contributed by atoms with E-state index >= 15 is 0 Å². The van der Waals surface area contributed by atoms with Gasteiger partial charge in [-0.15, -0.1) is 0 Å². The summed E-state index contributed by atoms with van der Waals surface area (Å²) in [5.41, 5.74) is 3.46. The van der Waals surface area contributed by atoms with E-state index in [2.05, 4.69) is 10.3 Å². The standard InChI is InChI=1S/C23H19N3O3/c27-23(28-17-21-13-22(29-25-21)20-9-5-2-6-10-20)12-11-19-14-24-26(16-19)15-18-7-3-1-4-8-18/h1-14,16H,15,17H2/b12-11+. The number of carbonyl (C=O) groups is 1. The van der Waals surface area contributed by atoms with Crippen molar-refractivity contribution in [3.05, 3.63) is 102 Å². The Balaban J connectivity index is 1.29. The van der Waals surface area contributed by atoms with Gasteiger partial charge >= 0.3 is 5.97 Å². The van der Waals surface area contributed by atoms with Crippen LogP contribution in [0.5, 0.6) is 0 Å². The van der Waals surface area contributed by atoms with Crippen molar-refractivity contribution >= 4 is 12.0 Å². The molecule has 0 radical (unpaired) electrons. The number of hydrogen-bond acceptors (Lipinski definition) is 5. The molecule has 4 aromatic rings. The average Bonchev–Trinajstić information content (AvgIpc) is 3.42. The van der Waals surface area contributed by atoms with Crippen LogP contribution in [0.4, 0.5) is 0 Å². The second-order valence-corrected chi connectivity index (χ2v) is 6.45. The van der Waals surface area contributed by atoms with Crippen LogP contribution < -0.4 is 0 Å². The van der Waals surface area contributed by atoms with Gasteiger partial charge in [-0.25, -0.2) is 4.79 Å². The molecule has 0 fully saturated rings. The number of benzene rings is 2. The molecule has 0 aliphatic heterocycles. The van der Waals surface area contributed by atoms with Crippen molar-refractivity contribution in [2.24, 2.45) is 0 Å². The average molecular weight is 385 g/mol. The first kappa shape index (κ1) is 18.4. The number of carbonyl (C=O) groups excluding carboxylic acids is 1. The van der Waals surface area contributed by atoms with E-state index in [-0.39, 0.29) is 6.61 Å². The van der Waals surface area contributed by atoms with Crippen LogP contribution in [-0.2, 0) is 22.7 Å². The Bertz CT molecular complexity index is 1100. The molecule has 0 N–H and O–H groups in total. The van der Waals surface area contributed by atoms with Gasteiger partial charge in [0.2, 0.25) is 0 Å². The monoisotopic (exact) mass is 385 g/mol. The van der Waals surface area contributed by atoms with Crippen molar-refractivity contribution in [1.82, 2.24) is 14.9 Å². The third-order valence-electron chi connectivity index (χ3n) is 4.23. The lowest BCUT2D eigenvalue weighted by Gasteiger charge is -2.00. The Kier molecular flexibility index (Phi) is 5.62. The van der Waals surface area contributed by atoms with Crippen LogP contribution in [0.1, 0.15) is 16.8 Å². The van der Waals surface area contributed by atoms with Gasteiger partial charge in [-0.2, -0.15) is 5.10 Å². The topological polar surface area (TPSA) is 70.2 Å². The van der Waals surface area contributed by atoms with Crippen LogP contribution in [0.25, 0.3) is 17.4 Å². The Morgan fingerprint density at radius 3 is 2.62 bits per heavy atom. The predicted octanol–water partition coefficient (Wildman–Crippen LogP) is 4.34. The van der Waals surface area contributed by atoms with Gasteiger partial charge in [0.05, 0.1) is 12.7 Å². The lowest BCUT2D eigenvalue weighted by atomic mass is 10.2. The highest BCUT2D eigenvalue weighted by molar-refractivity contribution is 5.86. The van der Waals surface area contributed by atoms with Crippen molar-refractivity contribution < 1.29 is 14.1 Å². The molecule has 0 saturated carbocycles. The zero-order valence-corrected chi connectivity index (χ0v) is 15.6. The molecule has 6 nitrogen and oxygen atoms in total. The minimum atomic E-state index is -0.454. The maximum atomic E-state index is 12.0. The van der Waals surface area contributed by atoms with E-state index in [1.807, 2.05) is 71.5 Å². The first-order valence-corrected chi connectivity index (χ1v) is 9.18. The quantitative estimate of drug-likeness (QED) is 0.350. The van der Waals surface area contributed by atoms with Crippen molar-refractivity contribution in [1.29, 1.82) is 0 Å². The number of ether oxygens (including phenoxy) is 1. The fraction of sp³-hybridized carbons (Fsp3) is 0.0870. The van der Waals surface area contributed by atoms with E-state index in [0.29, 0.717) is 18.0 Å². The Morgan fingerprint density at radius 2 is 1.83 bits per heavy atom. The molecule has 2 aromatic carbocycles. The summed E-state index contributed by atoms with van der Waals surface area (Å²) in [6.07, 6.45) is 6.63. The van der Waals surface area contributed by atoms with Crippen molar-refractivity contribution in [2.45, 2.75) is 13.2 Å². The molecule has 29 heavy (non-hydrogen) atoms. The van der Waals surface area contributed by atoms with Crippen LogP contribution in [0.15, 0.2) is 89.7 Å². The molecule has 144 valence electrons.